The second kappa shape index (κ2) is 6.91. The smallest absolute Gasteiger partial charge is 0.331 e. The molecule has 0 saturated carbocycles. The number of anilines is 1. The van der Waals surface area contributed by atoms with Gasteiger partial charge in [0.25, 0.3) is 5.91 Å². The molecule has 0 fully saturated rings. The second-order valence-corrected chi connectivity index (χ2v) is 4.99. The van der Waals surface area contributed by atoms with E-state index in [1.54, 1.807) is 30.3 Å². The standard InChI is InChI=1S/C17H15NO6/c1-11(24-16(19)7-5-13-3-2-8-21-13)17(20)18-12-4-6-14-15(9-12)23-10-22-14/h2-9,11H,10H2,1H3,(H,18,20)/b7-5+/t11-/m1/s1. The van der Waals surface area contributed by atoms with Crippen LogP contribution in [0.25, 0.3) is 6.08 Å². The maximum atomic E-state index is 12.1. The lowest BCUT2D eigenvalue weighted by molar-refractivity contribution is -0.148. The number of rotatable bonds is 5. The van der Waals surface area contributed by atoms with E-state index in [1.165, 1.54) is 25.3 Å². The zero-order chi connectivity index (χ0) is 16.9. The first kappa shape index (κ1) is 15.7. The van der Waals surface area contributed by atoms with Gasteiger partial charge in [-0.25, -0.2) is 4.79 Å². The number of furan rings is 1. The van der Waals surface area contributed by atoms with Crippen molar-refractivity contribution in [3.05, 3.63) is 48.4 Å². The van der Waals surface area contributed by atoms with Crippen LogP contribution in [0.2, 0.25) is 0 Å². The third-order valence-corrected chi connectivity index (χ3v) is 3.23. The minimum absolute atomic E-state index is 0.156. The molecule has 0 bridgehead atoms. The lowest BCUT2D eigenvalue weighted by Crippen LogP contribution is -2.29. The summed E-state index contributed by atoms with van der Waals surface area (Å²) in [5.41, 5.74) is 0.526. The maximum Gasteiger partial charge on any atom is 0.331 e. The van der Waals surface area contributed by atoms with Crippen molar-refractivity contribution in [2.45, 2.75) is 13.0 Å². The Labute approximate surface area is 137 Å². The van der Waals surface area contributed by atoms with E-state index < -0.39 is 18.0 Å². The molecule has 24 heavy (non-hydrogen) atoms. The molecule has 1 aromatic carbocycles. The minimum atomic E-state index is -0.954. The lowest BCUT2D eigenvalue weighted by atomic mass is 10.2. The van der Waals surface area contributed by atoms with Crippen LogP contribution in [0.1, 0.15) is 12.7 Å². The predicted octanol–water partition coefficient (Wildman–Crippen LogP) is 2.59. The SMILES string of the molecule is C[C@@H](OC(=O)/C=C/c1ccco1)C(=O)Nc1ccc2c(c1)OCO2. The van der Waals surface area contributed by atoms with Crippen molar-refractivity contribution in [1.29, 1.82) is 0 Å². The predicted molar refractivity (Wildman–Crippen MR) is 84.5 cm³/mol. The number of ether oxygens (including phenoxy) is 3. The van der Waals surface area contributed by atoms with Gasteiger partial charge in [-0.1, -0.05) is 0 Å². The van der Waals surface area contributed by atoms with Crippen molar-refractivity contribution in [1.82, 2.24) is 0 Å². The molecule has 7 heteroatoms. The molecular weight excluding hydrogens is 314 g/mol. The molecule has 0 spiro atoms. The van der Waals surface area contributed by atoms with Crippen LogP contribution in [0.5, 0.6) is 11.5 Å². The summed E-state index contributed by atoms with van der Waals surface area (Å²) in [6.45, 7) is 1.64. The molecule has 1 aliphatic heterocycles. The fourth-order valence-electron chi connectivity index (χ4n) is 2.02. The number of hydrogen-bond donors (Lipinski definition) is 1. The van der Waals surface area contributed by atoms with Crippen LogP contribution in [-0.2, 0) is 14.3 Å². The van der Waals surface area contributed by atoms with Crippen LogP contribution >= 0.6 is 0 Å². The average molecular weight is 329 g/mol. The Bertz CT molecular complexity index is 765. The first-order valence-corrected chi connectivity index (χ1v) is 7.24. The average Bonchev–Trinajstić information content (AvgIpc) is 3.23. The summed E-state index contributed by atoms with van der Waals surface area (Å²) in [5.74, 6) is 0.604. The monoisotopic (exact) mass is 329 g/mol. The number of benzene rings is 1. The van der Waals surface area contributed by atoms with Gasteiger partial charge in [-0.15, -0.1) is 0 Å². The second-order valence-electron chi connectivity index (χ2n) is 4.99. The van der Waals surface area contributed by atoms with Gasteiger partial charge in [-0.3, -0.25) is 4.79 Å². The Morgan fingerprint density at radius 3 is 2.88 bits per heavy atom. The van der Waals surface area contributed by atoms with Crippen LogP contribution in [-0.4, -0.2) is 24.8 Å². The molecule has 1 N–H and O–H groups in total. The maximum absolute atomic E-state index is 12.1. The van der Waals surface area contributed by atoms with Crippen LogP contribution in [0.15, 0.2) is 47.1 Å². The van der Waals surface area contributed by atoms with E-state index in [9.17, 15) is 9.59 Å². The Morgan fingerprint density at radius 1 is 1.25 bits per heavy atom. The number of fused-ring (bicyclic) bond motifs is 1. The van der Waals surface area contributed by atoms with Gasteiger partial charge < -0.3 is 23.9 Å². The highest BCUT2D eigenvalue weighted by Crippen LogP contribution is 2.34. The van der Waals surface area contributed by atoms with Gasteiger partial charge in [0.15, 0.2) is 17.6 Å². The van der Waals surface area contributed by atoms with E-state index in [1.807, 2.05) is 0 Å². The van der Waals surface area contributed by atoms with Crippen molar-refractivity contribution in [3.8, 4) is 11.5 Å². The Balaban J connectivity index is 1.53. The molecule has 2 heterocycles. The molecule has 1 aromatic heterocycles. The van der Waals surface area contributed by atoms with E-state index in [4.69, 9.17) is 18.6 Å². The summed E-state index contributed by atoms with van der Waals surface area (Å²) in [6.07, 6.45) is 3.20. The highest BCUT2D eigenvalue weighted by molar-refractivity contribution is 5.96. The summed E-state index contributed by atoms with van der Waals surface area (Å²) in [5, 5.41) is 2.65. The molecule has 1 aliphatic rings. The van der Waals surface area contributed by atoms with E-state index in [2.05, 4.69) is 5.32 Å². The van der Waals surface area contributed by atoms with Crippen LogP contribution in [0.3, 0.4) is 0 Å². The molecular formula is C17H15NO6. The topological polar surface area (TPSA) is 87.0 Å². The Kier molecular flexibility index (Phi) is 4.51. The minimum Gasteiger partial charge on any atom is -0.465 e. The molecule has 7 nitrogen and oxygen atoms in total. The quantitative estimate of drug-likeness (QED) is 0.670. The largest absolute Gasteiger partial charge is 0.465 e. The van der Waals surface area contributed by atoms with Gasteiger partial charge in [-0.2, -0.15) is 0 Å². The number of hydrogen-bond acceptors (Lipinski definition) is 6. The molecule has 0 saturated heterocycles. The van der Waals surface area contributed by atoms with Gasteiger partial charge in [-0.05, 0) is 37.3 Å². The van der Waals surface area contributed by atoms with Gasteiger partial charge in [0.2, 0.25) is 6.79 Å². The number of esters is 1. The van der Waals surface area contributed by atoms with E-state index in [0.717, 1.165) is 0 Å². The molecule has 1 amide bonds. The highest BCUT2D eigenvalue weighted by Gasteiger charge is 2.19. The number of carbonyl (C=O) groups excluding carboxylic acids is 2. The van der Waals surface area contributed by atoms with Crippen LogP contribution in [0.4, 0.5) is 5.69 Å². The summed E-state index contributed by atoms with van der Waals surface area (Å²) >= 11 is 0. The van der Waals surface area contributed by atoms with Gasteiger partial charge >= 0.3 is 5.97 Å². The molecule has 1 atom stereocenters. The van der Waals surface area contributed by atoms with E-state index in [-0.39, 0.29) is 6.79 Å². The van der Waals surface area contributed by atoms with Crippen LogP contribution in [0, 0.1) is 0 Å². The molecule has 2 aromatic rings. The number of carbonyl (C=O) groups is 2. The molecule has 3 rings (SSSR count). The summed E-state index contributed by atoms with van der Waals surface area (Å²) in [7, 11) is 0. The third kappa shape index (κ3) is 3.75. The Hall–Kier alpha value is -3.22. The summed E-state index contributed by atoms with van der Waals surface area (Å²) in [4.78, 5) is 23.8. The van der Waals surface area contributed by atoms with Gasteiger partial charge in [0, 0.05) is 17.8 Å². The molecule has 0 unspecified atom stereocenters. The van der Waals surface area contributed by atoms with Crippen molar-refractivity contribution in [2.75, 3.05) is 12.1 Å². The molecule has 0 aliphatic carbocycles. The zero-order valence-electron chi connectivity index (χ0n) is 12.9. The highest BCUT2D eigenvalue weighted by atomic mass is 16.7. The molecule has 124 valence electrons. The third-order valence-electron chi connectivity index (χ3n) is 3.23. The first-order valence-electron chi connectivity index (χ1n) is 7.24. The zero-order valence-corrected chi connectivity index (χ0v) is 12.9. The fourth-order valence-corrected chi connectivity index (χ4v) is 2.02. The number of amides is 1. The van der Waals surface area contributed by atoms with Crippen molar-refractivity contribution in [3.63, 3.8) is 0 Å². The summed E-state index contributed by atoms with van der Waals surface area (Å²) < 4.78 is 20.5. The normalized spacial score (nSPS) is 13.7. The van der Waals surface area contributed by atoms with Gasteiger partial charge in [0.05, 0.1) is 6.26 Å². The van der Waals surface area contributed by atoms with Crippen molar-refractivity contribution in [2.24, 2.45) is 0 Å². The van der Waals surface area contributed by atoms with E-state index >= 15 is 0 Å². The first-order chi connectivity index (χ1) is 11.6. The Morgan fingerprint density at radius 2 is 2.08 bits per heavy atom. The van der Waals surface area contributed by atoms with Gasteiger partial charge in [0.1, 0.15) is 5.76 Å². The number of nitrogens with one attached hydrogen (secondary N) is 1. The van der Waals surface area contributed by atoms with Crippen LogP contribution < -0.4 is 14.8 Å². The van der Waals surface area contributed by atoms with Crippen molar-refractivity contribution >= 4 is 23.6 Å². The lowest BCUT2D eigenvalue weighted by Gasteiger charge is -2.12. The fraction of sp³-hybridized carbons (Fsp3) is 0.176. The molecule has 0 radical (unpaired) electrons. The summed E-state index contributed by atoms with van der Waals surface area (Å²) in [6, 6.07) is 8.41. The van der Waals surface area contributed by atoms with Crippen molar-refractivity contribution < 1.29 is 28.2 Å². The van der Waals surface area contributed by atoms with E-state index in [0.29, 0.717) is 22.9 Å².